The molecule has 2 heterocycles. The van der Waals surface area contributed by atoms with Crippen molar-refractivity contribution in [3.63, 3.8) is 0 Å². The number of nitrogens with one attached hydrogen (secondary N) is 1. The third kappa shape index (κ3) is 3.81. The van der Waals surface area contributed by atoms with Gasteiger partial charge in [-0.1, -0.05) is 23.2 Å². The Morgan fingerprint density at radius 3 is 2.95 bits per heavy atom. The summed E-state index contributed by atoms with van der Waals surface area (Å²) in [6, 6.07) is 1.56. The normalized spacial score (nSPS) is 22.0. The van der Waals surface area contributed by atoms with E-state index in [1.54, 1.807) is 0 Å². The predicted octanol–water partition coefficient (Wildman–Crippen LogP) is 3.08. The minimum Gasteiger partial charge on any atom is -0.375 e. The highest BCUT2D eigenvalue weighted by atomic mass is 35.5. The van der Waals surface area contributed by atoms with Crippen LogP contribution in [0.1, 0.15) is 37.0 Å². The minimum absolute atomic E-state index is 0.0826. The van der Waals surface area contributed by atoms with Crippen LogP contribution >= 0.6 is 23.2 Å². The van der Waals surface area contributed by atoms with E-state index in [4.69, 9.17) is 27.9 Å². The van der Waals surface area contributed by atoms with E-state index in [2.05, 4.69) is 10.3 Å². The third-order valence-corrected chi connectivity index (χ3v) is 3.61. The van der Waals surface area contributed by atoms with Crippen molar-refractivity contribution in [1.29, 1.82) is 0 Å². The molecule has 0 spiro atoms. The summed E-state index contributed by atoms with van der Waals surface area (Å²) in [7, 11) is 0. The van der Waals surface area contributed by atoms with Crippen LogP contribution in [0.3, 0.4) is 0 Å². The van der Waals surface area contributed by atoms with E-state index < -0.39 is 0 Å². The summed E-state index contributed by atoms with van der Waals surface area (Å²) in [5, 5.41) is 3.52. The monoisotopic (exact) mass is 302 g/mol. The van der Waals surface area contributed by atoms with Gasteiger partial charge in [0, 0.05) is 18.8 Å². The van der Waals surface area contributed by atoms with Crippen LogP contribution in [0.4, 0.5) is 0 Å². The molecular formula is C13H16Cl2N2O2. The maximum Gasteiger partial charge on any atom is 0.253 e. The largest absolute Gasteiger partial charge is 0.375 e. The molecule has 0 saturated carbocycles. The van der Waals surface area contributed by atoms with Crippen molar-refractivity contribution in [3.05, 3.63) is 28.0 Å². The Labute approximate surface area is 122 Å². The van der Waals surface area contributed by atoms with Crippen molar-refractivity contribution < 1.29 is 9.53 Å². The van der Waals surface area contributed by atoms with Gasteiger partial charge in [-0.05, 0) is 32.8 Å². The smallest absolute Gasteiger partial charge is 0.253 e. The Bertz CT molecular complexity index is 492. The maximum absolute atomic E-state index is 12.2. The summed E-state index contributed by atoms with van der Waals surface area (Å²) in [4.78, 5) is 16.0. The first-order valence-electron chi connectivity index (χ1n) is 6.13. The molecule has 1 atom stereocenters. The van der Waals surface area contributed by atoms with Gasteiger partial charge in [0.2, 0.25) is 0 Å². The molecule has 1 N–H and O–H groups in total. The van der Waals surface area contributed by atoms with Gasteiger partial charge < -0.3 is 10.1 Å². The zero-order valence-electron chi connectivity index (χ0n) is 10.9. The average molecular weight is 303 g/mol. The number of carbonyl (C=O) groups excluding carboxylic acids is 1. The van der Waals surface area contributed by atoms with E-state index in [-0.39, 0.29) is 22.7 Å². The van der Waals surface area contributed by atoms with Gasteiger partial charge >= 0.3 is 0 Å². The Morgan fingerprint density at radius 2 is 2.26 bits per heavy atom. The highest BCUT2D eigenvalue weighted by molar-refractivity contribution is 6.35. The van der Waals surface area contributed by atoms with Gasteiger partial charge in [0.25, 0.3) is 5.91 Å². The van der Waals surface area contributed by atoms with E-state index in [9.17, 15) is 4.79 Å². The van der Waals surface area contributed by atoms with Crippen molar-refractivity contribution in [2.75, 3.05) is 6.61 Å². The average Bonchev–Trinajstić information content (AvgIpc) is 2.31. The first-order chi connectivity index (χ1) is 8.87. The van der Waals surface area contributed by atoms with Gasteiger partial charge in [0.1, 0.15) is 5.15 Å². The minimum atomic E-state index is -0.225. The fourth-order valence-electron chi connectivity index (χ4n) is 2.21. The van der Waals surface area contributed by atoms with Crippen LogP contribution in [-0.4, -0.2) is 29.1 Å². The van der Waals surface area contributed by atoms with Gasteiger partial charge in [0.05, 0.1) is 16.2 Å². The zero-order valence-corrected chi connectivity index (χ0v) is 12.4. The van der Waals surface area contributed by atoms with Gasteiger partial charge in [-0.15, -0.1) is 0 Å². The van der Waals surface area contributed by atoms with Crippen molar-refractivity contribution >= 4 is 29.1 Å². The molecule has 0 radical (unpaired) electrons. The lowest BCUT2D eigenvalue weighted by Crippen LogP contribution is -2.45. The molecule has 1 saturated heterocycles. The number of aromatic nitrogens is 1. The fourth-order valence-corrected chi connectivity index (χ4v) is 2.55. The maximum atomic E-state index is 12.2. The summed E-state index contributed by atoms with van der Waals surface area (Å²) in [6.07, 6.45) is 2.95. The van der Waals surface area contributed by atoms with Gasteiger partial charge in [-0.3, -0.25) is 4.79 Å². The lowest BCUT2D eigenvalue weighted by molar-refractivity contribution is -0.0615. The molecule has 0 aromatic carbocycles. The standard InChI is InChI=1S/C13H16Cl2N2O2/c1-13(2)6-8(3-4-19-13)17-12(18)9-5-11(15)16-7-10(9)14/h5,7-8H,3-4,6H2,1-2H3,(H,17,18). The number of hydrogen-bond acceptors (Lipinski definition) is 3. The number of halogens is 2. The fraction of sp³-hybridized carbons (Fsp3) is 0.538. The van der Waals surface area contributed by atoms with Crippen molar-refractivity contribution in [2.45, 2.75) is 38.3 Å². The summed E-state index contributed by atoms with van der Waals surface area (Å²) < 4.78 is 5.62. The van der Waals surface area contributed by atoms with Crippen molar-refractivity contribution in [2.24, 2.45) is 0 Å². The van der Waals surface area contributed by atoms with Crippen LogP contribution < -0.4 is 5.32 Å². The van der Waals surface area contributed by atoms with Crippen LogP contribution in [0, 0.1) is 0 Å². The van der Waals surface area contributed by atoms with Crippen LogP contribution in [0.5, 0.6) is 0 Å². The Morgan fingerprint density at radius 1 is 1.53 bits per heavy atom. The zero-order chi connectivity index (χ0) is 14.0. The van der Waals surface area contributed by atoms with Gasteiger partial charge in [-0.25, -0.2) is 4.98 Å². The number of ether oxygens (including phenoxy) is 1. The predicted molar refractivity (Wildman–Crippen MR) is 74.8 cm³/mol. The van der Waals surface area contributed by atoms with E-state index in [1.807, 2.05) is 13.8 Å². The second-order valence-electron chi connectivity index (χ2n) is 5.26. The van der Waals surface area contributed by atoms with Gasteiger partial charge in [0.15, 0.2) is 0 Å². The summed E-state index contributed by atoms with van der Waals surface area (Å²) in [5.74, 6) is -0.225. The molecule has 1 aromatic heterocycles. The SMILES string of the molecule is CC1(C)CC(NC(=O)c2cc(Cl)ncc2Cl)CCO1. The van der Waals surface area contributed by atoms with E-state index >= 15 is 0 Å². The summed E-state index contributed by atoms with van der Waals surface area (Å²) in [5.41, 5.74) is 0.140. The van der Waals surface area contributed by atoms with Crippen LogP contribution in [0.15, 0.2) is 12.3 Å². The number of rotatable bonds is 2. The molecular weight excluding hydrogens is 287 g/mol. The number of amides is 1. The molecule has 0 aliphatic carbocycles. The Balaban J connectivity index is 2.06. The van der Waals surface area contributed by atoms with Crippen LogP contribution in [-0.2, 0) is 4.74 Å². The highest BCUT2D eigenvalue weighted by Gasteiger charge is 2.30. The molecule has 1 aliphatic heterocycles. The molecule has 1 fully saturated rings. The molecule has 1 amide bonds. The molecule has 19 heavy (non-hydrogen) atoms. The summed E-state index contributed by atoms with van der Waals surface area (Å²) in [6.45, 7) is 4.67. The number of pyridine rings is 1. The molecule has 1 aromatic rings. The quantitative estimate of drug-likeness (QED) is 0.854. The van der Waals surface area contributed by atoms with Gasteiger partial charge in [-0.2, -0.15) is 0 Å². The van der Waals surface area contributed by atoms with E-state index in [0.29, 0.717) is 17.2 Å². The van der Waals surface area contributed by atoms with Crippen LogP contribution in [0.2, 0.25) is 10.2 Å². The van der Waals surface area contributed by atoms with E-state index in [1.165, 1.54) is 12.3 Å². The van der Waals surface area contributed by atoms with Crippen LogP contribution in [0.25, 0.3) is 0 Å². The summed E-state index contributed by atoms with van der Waals surface area (Å²) >= 11 is 11.7. The van der Waals surface area contributed by atoms with Crippen molar-refractivity contribution in [1.82, 2.24) is 10.3 Å². The highest BCUT2D eigenvalue weighted by Crippen LogP contribution is 2.25. The number of carbonyl (C=O) groups is 1. The third-order valence-electron chi connectivity index (χ3n) is 3.10. The second kappa shape index (κ2) is 5.65. The second-order valence-corrected chi connectivity index (χ2v) is 6.05. The molecule has 6 heteroatoms. The molecule has 2 rings (SSSR count). The van der Waals surface area contributed by atoms with Crippen molar-refractivity contribution in [3.8, 4) is 0 Å². The number of nitrogens with zero attached hydrogens (tertiary/aromatic N) is 1. The molecule has 4 nitrogen and oxygen atoms in total. The molecule has 104 valence electrons. The Hall–Kier alpha value is -0.840. The first kappa shape index (κ1) is 14.6. The number of hydrogen-bond donors (Lipinski definition) is 1. The first-order valence-corrected chi connectivity index (χ1v) is 6.89. The Kier molecular flexibility index (Phi) is 4.33. The lowest BCUT2D eigenvalue weighted by Gasteiger charge is -2.35. The molecule has 1 aliphatic rings. The topological polar surface area (TPSA) is 51.2 Å². The van der Waals surface area contributed by atoms with E-state index in [0.717, 1.165) is 12.8 Å². The molecule has 1 unspecified atom stereocenters. The molecule has 0 bridgehead atoms. The lowest BCUT2D eigenvalue weighted by atomic mass is 9.94.